The number of nitrogens with zero attached hydrogens (tertiary/aromatic N) is 3. The average Bonchev–Trinajstić information content (AvgIpc) is 3.03. The van der Waals surface area contributed by atoms with E-state index in [0.717, 1.165) is 69.1 Å². The third-order valence-corrected chi connectivity index (χ3v) is 6.18. The van der Waals surface area contributed by atoms with Crippen LogP contribution in [0.2, 0.25) is 0 Å². The van der Waals surface area contributed by atoms with E-state index in [1.807, 2.05) is 12.1 Å². The molecule has 1 N–H and O–H groups in total. The van der Waals surface area contributed by atoms with Gasteiger partial charge in [0.15, 0.2) is 0 Å². The van der Waals surface area contributed by atoms with Crippen LogP contribution in [0.4, 0.5) is 0 Å². The molecule has 1 aliphatic rings. The summed E-state index contributed by atoms with van der Waals surface area (Å²) in [6.07, 6.45) is 2.16. The number of aromatic nitrogens is 1. The molecule has 1 fully saturated rings. The molecule has 0 saturated carbocycles. The van der Waals surface area contributed by atoms with E-state index < -0.39 is 0 Å². The van der Waals surface area contributed by atoms with Crippen LogP contribution in [-0.4, -0.2) is 66.6 Å². The smallest absolute Gasteiger partial charge is 0.253 e. The molecule has 1 amide bonds. The van der Waals surface area contributed by atoms with E-state index in [2.05, 4.69) is 71.8 Å². The molecule has 1 aromatic heterocycles. The maximum atomic E-state index is 12.8. The zero-order chi connectivity index (χ0) is 20.8. The summed E-state index contributed by atoms with van der Waals surface area (Å²) < 4.78 is 2.26. The molecular formula is C24H36N4O. The molecule has 1 aliphatic heterocycles. The molecule has 29 heavy (non-hydrogen) atoms. The molecule has 2 aromatic rings. The zero-order valence-corrected chi connectivity index (χ0v) is 18.4. The summed E-state index contributed by atoms with van der Waals surface area (Å²) in [5.41, 5.74) is 4.21. The molecule has 1 unspecified atom stereocenters. The second-order valence-corrected chi connectivity index (χ2v) is 8.35. The lowest BCUT2D eigenvalue weighted by atomic mass is 10.1. The maximum Gasteiger partial charge on any atom is 0.253 e. The van der Waals surface area contributed by atoms with Gasteiger partial charge in [-0.15, -0.1) is 0 Å². The number of carbonyl (C=O) groups is 1. The average molecular weight is 397 g/mol. The summed E-state index contributed by atoms with van der Waals surface area (Å²) in [7, 11) is 2.18. The maximum absolute atomic E-state index is 12.8. The fourth-order valence-electron chi connectivity index (χ4n) is 4.31. The molecule has 0 spiro atoms. The number of rotatable bonds is 8. The van der Waals surface area contributed by atoms with Gasteiger partial charge in [0.05, 0.1) is 11.6 Å². The Bertz CT molecular complexity index is 791. The number of piperazine rings is 1. The molecule has 5 nitrogen and oxygen atoms in total. The number of unbranched alkanes of at least 4 members (excludes halogenated alkanes) is 1. The van der Waals surface area contributed by atoms with Crippen molar-refractivity contribution in [3.8, 4) is 0 Å². The molecule has 1 atom stereocenters. The monoisotopic (exact) mass is 396 g/mol. The first-order valence-electron chi connectivity index (χ1n) is 10.9. The van der Waals surface area contributed by atoms with Crippen LogP contribution in [0, 0.1) is 13.8 Å². The molecule has 1 aromatic carbocycles. The number of benzene rings is 1. The van der Waals surface area contributed by atoms with Crippen molar-refractivity contribution in [3.05, 3.63) is 58.9 Å². The highest BCUT2D eigenvalue weighted by Gasteiger charge is 2.19. The van der Waals surface area contributed by atoms with Gasteiger partial charge in [-0.3, -0.25) is 4.79 Å². The van der Waals surface area contributed by atoms with E-state index in [9.17, 15) is 4.79 Å². The molecule has 0 bridgehead atoms. The minimum absolute atomic E-state index is 0.0456. The Labute approximate surface area is 175 Å². The molecule has 0 radical (unpaired) electrons. The van der Waals surface area contributed by atoms with Gasteiger partial charge in [0.1, 0.15) is 0 Å². The Kier molecular flexibility index (Phi) is 7.51. The highest BCUT2D eigenvalue weighted by molar-refractivity contribution is 5.95. The highest BCUT2D eigenvalue weighted by atomic mass is 16.1. The minimum atomic E-state index is 0.0456. The van der Waals surface area contributed by atoms with Gasteiger partial charge >= 0.3 is 0 Å². The molecule has 1 saturated heterocycles. The van der Waals surface area contributed by atoms with Crippen molar-refractivity contribution in [2.24, 2.45) is 0 Å². The Hall–Kier alpha value is -2.11. The predicted octanol–water partition coefficient (Wildman–Crippen LogP) is 3.47. The van der Waals surface area contributed by atoms with Crippen molar-refractivity contribution in [2.45, 2.75) is 39.7 Å². The van der Waals surface area contributed by atoms with E-state index in [-0.39, 0.29) is 11.9 Å². The number of amides is 1. The standard InChI is InChI=1S/C24H36N4O/c1-19-18-23(21(3)28(19)20(2)22-10-6-5-7-11-22)24(29)25-12-8-9-13-27-16-14-26(4)15-17-27/h5-7,10-11,18,20H,8-9,12-17H2,1-4H3,(H,25,29). The van der Waals surface area contributed by atoms with Crippen LogP contribution in [0.1, 0.15) is 53.1 Å². The van der Waals surface area contributed by atoms with Crippen molar-refractivity contribution in [3.63, 3.8) is 0 Å². The second kappa shape index (κ2) is 10.1. The van der Waals surface area contributed by atoms with Gasteiger partial charge in [-0.1, -0.05) is 30.3 Å². The number of hydrogen-bond donors (Lipinski definition) is 1. The molecule has 3 rings (SSSR count). The molecule has 158 valence electrons. The van der Waals surface area contributed by atoms with Gasteiger partial charge in [0.2, 0.25) is 0 Å². The third-order valence-electron chi connectivity index (χ3n) is 6.18. The van der Waals surface area contributed by atoms with Crippen LogP contribution in [0.5, 0.6) is 0 Å². The van der Waals surface area contributed by atoms with Gasteiger partial charge in [-0.2, -0.15) is 0 Å². The van der Waals surface area contributed by atoms with E-state index in [0.29, 0.717) is 0 Å². The first-order chi connectivity index (χ1) is 14.0. The van der Waals surface area contributed by atoms with Crippen LogP contribution in [-0.2, 0) is 0 Å². The fourth-order valence-corrected chi connectivity index (χ4v) is 4.31. The fraction of sp³-hybridized carbons (Fsp3) is 0.542. The van der Waals surface area contributed by atoms with E-state index in [1.54, 1.807) is 0 Å². The quantitative estimate of drug-likeness (QED) is 0.695. The second-order valence-electron chi connectivity index (χ2n) is 8.35. The number of aryl methyl sites for hydroxylation is 1. The van der Waals surface area contributed by atoms with Crippen LogP contribution in [0.15, 0.2) is 36.4 Å². The van der Waals surface area contributed by atoms with E-state index in [1.165, 1.54) is 5.56 Å². The topological polar surface area (TPSA) is 40.5 Å². The summed E-state index contributed by atoms with van der Waals surface area (Å²) in [5, 5.41) is 3.12. The third kappa shape index (κ3) is 5.49. The normalized spacial score (nSPS) is 16.7. The summed E-state index contributed by atoms with van der Waals surface area (Å²) in [6, 6.07) is 12.7. The Morgan fingerprint density at radius 3 is 2.45 bits per heavy atom. The number of carbonyl (C=O) groups excluding carboxylic acids is 1. The molecule has 5 heteroatoms. The minimum Gasteiger partial charge on any atom is -0.352 e. The summed E-state index contributed by atoms with van der Waals surface area (Å²) in [6.45, 7) is 12.8. The Morgan fingerprint density at radius 2 is 1.76 bits per heavy atom. The number of nitrogens with one attached hydrogen (secondary N) is 1. The Morgan fingerprint density at radius 1 is 1.07 bits per heavy atom. The van der Waals surface area contributed by atoms with Gasteiger partial charge in [-0.25, -0.2) is 0 Å². The van der Waals surface area contributed by atoms with Gasteiger partial charge in [-0.05, 0) is 58.8 Å². The molecule has 0 aliphatic carbocycles. The van der Waals surface area contributed by atoms with Gasteiger partial charge in [0.25, 0.3) is 5.91 Å². The summed E-state index contributed by atoms with van der Waals surface area (Å²) >= 11 is 0. The number of hydrogen-bond acceptors (Lipinski definition) is 3. The molecule has 2 heterocycles. The van der Waals surface area contributed by atoms with Gasteiger partial charge in [0, 0.05) is 44.1 Å². The van der Waals surface area contributed by atoms with Crippen molar-refractivity contribution in [1.82, 2.24) is 19.7 Å². The van der Waals surface area contributed by atoms with Crippen molar-refractivity contribution in [2.75, 3.05) is 46.3 Å². The number of likely N-dealkylation sites (N-methyl/N-ethyl adjacent to an activating group) is 1. The molecular weight excluding hydrogens is 360 g/mol. The van der Waals surface area contributed by atoms with E-state index in [4.69, 9.17) is 0 Å². The lowest BCUT2D eigenvalue weighted by Gasteiger charge is -2.32. The van der Waals surface area contributed by atoms with Gasteiger partial charge < -0.3 is 19.7 Å². The van der Waals surface area contributed by atoms with Crippen LogP contribution < -0.4 is 5.32 Å². The zero-order valence-electron chi connectivity index (χ0n) is 18.4. The van der Waals surface area contributed by atoms with Crippen LogP contribution in [0.25, 0.3) is 0 Å². The van der Waals surface area contributed by atoms with Crippen molar-refractivity contribution in [1.29, 1.82) is 0 Å². The largest absolute Gasteiger partial charge is 0.352 e. The van der Waals surface area contributed by atoms with Crippen LogP contribution in [0.3, 0.4) is 0 Å². The first-order valence-corrected chi connectivity index (χ1v) is 10.9. The lowest BCUT2D eigenvalue weighted by molar-refractivity contribution is 0.0951. The summed E-state index contributed by atoms with van der Waals surface area (Å²) in [5.74, 6) is 0.0456. The predicted molar refractivity (Wildman–Crippen MR) is 120 cm³/mol. The van der Waals surface area contributed by atoms with Crippen molar-refractivity contribution >= 4 is 5.91 Å². The summed E-state index contributed by atoms with van der Waals surface area (Å²) in [4.78, 5) is 17.7. The Balaban J connectivity index is 1.50. The lowest BCUT2D eigenvalue weighted by Crippen LogP contribution is -2.44. The van der Waals surface area contributed by atoms with E-state index >= 15 is 0 Å². The highest BCUT2D eigenvalue weighted by Crippen LogP contribution is 2.25. The first kappa shape index (κ1) is 21.6. The van der Waals surface area contributed by atoms with Crippen molar-refractivity contribution < 1.29 is 4.79 Å². The SMILES string of the molecule is Cc1cc(C(=O)NCCCCN2CCN(C)CC2)c(C)n1C(C)c1ccccc1. The van der Waals surface area contributed by atoms with Crippen LogP contribution >= 0.6 is 0 Å².